The second-order valence-electron chi connectivity index (χ2n) is 8.51. The van der Waals surface area contributed by atoms with E-state index in [-0.39, 0.29) is 16.1 Å². The van der Waals surface area contributed by atoms with Gasteiger partial charge in [0.2, 0.25) is 6.04 Å². The number of carbonyl (C=O) groups is 1. The molecular weight excluding hydrogens is 366 g/mol. The maximum atomic E-state index is 12.3. The number of nitro groups is 1. The van der Waals surface area contributed by atoms with Gasteiger partial charge in [-0.2, -0.15) is 0 Å². The van der Waals surface area contributed by atoms with Crippen LogP contribution >= 0.6 is 0 Å². The molecule has 0 heterocycles. The van der Waals surface area contributed by atoms with E-state index < -0.39 is 12.0 Å². The molecular formula is C24H27NO4. The van der Waals surface area contributed by atoms with Crippen molar-refractivity contribution in [3.63, 3.8) is 0 Å². The van der Waals surface area contributed by atoms with E-state index in [1.54, 1.807) is 25.3 Å². The van der Waals surface area contributed by atoms with Gasteiger partial charge in [0.25, 0.3) is 0 Å². The molecule has 152 valence electrons. The van der Waals surface area contributed by atoms with Crippen LogP contribution in [0.5, 0.6) is 5.75 Å². The minimum atomic E-state index is -0.913. The Kier molecular flexibility index (Phi) is 6.16. The Bertz CT molecular complexity index is 917. The first-order valence-electron chi connectivity index (χ1n) is 9.84. The highest BCUT2D eigenvalue weighted by Crippen LogP contribution is 2.43. The molecule has 0 aliphatic heterocycles. The Morgan fingerprint density at radius 1 is 1.07 bits per heavy atom. The van der Waals surface area contributed by atoms with Crippen molar-refractivity contribution in [2.75, 3.05) is 7.11 Å². The van der Waals surface area contributed by atoms with E-state index >= 15 is 0 Å². The number of ether oxygens (including phenoxy) is 1. The number of carbonyl (C=O) groups excluding carboxylic acids is 1. The third-order valence-electron chi connectivity index (χ3n) is 5.48. The Morgan fingerprint density at radius 3 is 2.38 bits per heavy atom. The van der Waals surface area contributed by atoms with Crippen LogP contribution in [0.3, 0.4) is 0 Å². The molecule has 1 aliphatic carbocycles. The minimum absolute atomic E-state index is 0.0954. The molecule has 0 saturated carbocycles. The van der Waals surface area contributed by atoms with Crippen molar-refractivity contribution in [2.45, 2.75) is 45.1 Å². The molecule has 2 atom stereocenters. The minimum Gasteiger partial charge on any atom is -0.497 e. The smallest absolute Gasteiger partial charge is 0.245 e. The Hall–Kier alpha value is -2.95. The highest BCUT2D eigenvalue weighted by atomic mass is 16.6. The van der Waals surface area contributed by atoms with Gasteiger partial charge in [-0.3, -0.25) is 14.9 Å². The summed E-state index contributed by atoms with van der Waals surface area (Å²) in [6, 6.07) is 15.6. The van der Waals surface area contributed by atoms with Gasteiger partial charge >= 0.3 is 0 Å². The number of allylic oxidation sites excluding steroid dienone is 2. The zero-order valence-corrected chi connectivity index (χ0v) is 17.1. The summed E-state index contributed by atoms with van der Waals surface area (Å²) in [6.45, 7) is 4.14. The van der Waals surface area contributed by atoms with Crippen molar-refractivity contribution in [3.05, 3.63) is 87.5 Å². The molecule has 0 spiro atoms. The zero-order valence-electron chi connectivity index (χ0n) is 17.1. The fourth-order valence-corrected chi connectivity index (χ4v) is 4.33. The van der Waals surface area contributed by atoms with Crippen molar-refractivity contribution in [2.24, 2.45) is 5.41 Å². The molecule has 0 fully saturated rings. The predicted octanol–water partition coefficient (Wildman–Crippen LogP) is 5.50. The van der Waals surface area contributed by atoms with Gasteiger partial charge in [0.1, 0.15) is 5.75 Å². The van der Waals surface area contributed by atoms with E-state index in [2.05, 4.69) is 13.8 Å². The van der Waals surface area contributed by atoms with E-state index in [4.69, 9.17) is 4.74 Å². The number of methoxy groups -OCH3 is 1. The van der Waals surface area contributed by atoms with Crippen LogP contribution in [0.2, 0.25) is 0 Å². The molecule has 0 unspecified atom stereocenters. The van der Waals surface area contributed by atoms with Crippen LogP contribution in [-0.2, 0) is 4.79 Å². The first kappa shape index (κ1) is 20.8. The number of nitrogens with zero attached hydrogens (tertiary/aromatic N) is 1. The molecule has 0 aromatic heterocycles. The summed E-state index contributed by atoms with van der Waals surface area (Å²) in [6.07, 6.45) is 3.43. The van der Waals surface area contributed by atoms with Crippen molar-refractivity contribution < 1.29 is 14.5 Å². The lowest BCUT2D eigenvalue weighted by Gasteiger charge is -2.31. The summed E-state index contributed by atoms with van der Waals surface area (Å²) in [5.74, 6) is 0.352. The summed E-state index contributed by atoms with van der Waals surface area (Å²) in [5.41, 5.74) is 2.34. The molecule has 5 nitrogen and oxygen atoms in total. The van der Waals surface area contributed by atoms with Gasteiger partial charge in [0.05, 0.1) is 13.0 Å². The van der Waals surface area contributed by atoms with Crippen molar-refractivity contribution in [3.8, 4) is 5.75 Å². The molecule has 3 rings (SSSR count). The van der Waals surface area contributed by atoms with Crippen LogP contribution < -0.4 is 4.74 Å². The lowest BCUT2D eigenvalue weighted by atomic mass is 9.73. The summed E-state index contributed by atoms with van der Waals surface area (Å²) < 4.78 is 5.35. The van der Waals surface area contributed by atoms with Crippen molar-refractivity contribution in [1.82, 2.24) is 0 Å². The Morgan fingerprint density at radius 2 is 1.76 bits per heavy atom. The number of ketones is 1. The molecule has 1 aliphatic rings. The van der Waals surface area contributed by atoms with Crippen LogP contribution in [0.15, 0.2) is 66.2 Å². The summed E-state index contributed by atoms with van der Waals surface area (Å²) >= 11 is 0. The molecule has 0 amide bonds. The van der Waals surface area contributed by atoms with E-state index in [1.807, 2.05) is 42.5 Å². The van der Waals surface area contributed by atoms with Crippen LogP contribution in [0.25, 0.3) is 0 Å². The van der Waals surface area contributed by atoms with Gasteiger partial charge in [-0.25, -0.2) is 0 Å². The third kappa shape index (κ3) is 5.11. The molecule has 2 aromatic carbocycles. The summed E-state index contributed by atoms with van der Waals surface area (Å²) in [4.78, 5) is 24.2. The molecule has 0 N–H and O–H groups in total. The fourth-order valence-electron chi connectivity index (χ4n) is 4.33. The molecule has 2 aromatic rings. The van der Waals surface area contributed by atoms with Crippen molar-refractivity contribution >= 4 is 5.78 Å². The van der Waals surface area contributed by atoms with Gasteiger partial charge in [-0.15, -0.1) is 0 Å². The quantitative estimate of drug-likeness (QED) is 0.460. The van der Waals surface area contributed by atoms with Gasteiger partial charge in [-0.1, -0.05) is 61.9 Å². The summed E-state index contributed by atoms with van der Waals surface area (Å²) in [7, 11) is 1.58. The fraction of sp³-hybridized carbons (Fsp3) is 0.375. The average molecular weight is 393 g/mol. The maximum Gasteiger partial charge on any atom is 0.245 e. The number of rotatable bonds is 7. The van der Waals surface area contributed by atoms with Crippen LogP contribution in [0, 0.1) is 15.5 Å². The van der Waals surface area contributed by atoms with E-state index in [9.17, 15) is 14.9 Å². The van der Waals surface area contributed by atoms with E-state index in [0.29, 0.717) is 24.2 Å². The first-order valence-corrected chi connectivity index (χ1v) is 9.84. The Labute approximate surface area is 171 Å². The third-order valence-corrected chi connectivity index (χ3v) is 5.48. The first-order chi connectivity index (χ1) is 13.8. The molecule has 29 heavy (non-hydrogen) atoms. The number of hydrogen-bond acceptors (Lipinski definition) is 4. The van der Waals surface area contributed by atoms with E-state index in [1.165, 1.54) is 0 Å². The van der Waals surface area contributed by atoms with Gasteiger partial charge in [-0.05, 0) is 42.0 Å². The lowest BCUT2D eigenvalue weighted by molar-refractivity contribution is -0.533. The molecule has 5 heteroatoms. The predicted molar refractivity (Wildman–Crippen MR) is 113 cm³/mol. The second kappa shape index (κ2) is 8.60. The molecule has 0 bridgehead atoms. The standard InChI is InChI=1S/C24H27NO4/c1-24(2)15-17(12-20(26)16-24)13-22(19-10-7-11-21(14-19)29-3)23(25(27)28)18-8-5-4-6-9-18/h4-12,14,22-23H,13,15-16H2,1-3H3/t22-,23+/m1/s1. The largest absolute Gasteiger partial charge is 0.497 e. The Balaban J connectivity index is 2.06. The second-order valence-corrected chi connectivity index (χ2v) is 8.51. The average Bonchev–Trinajstić information content (AvgIpc) is 2.66. The van der Waals surface area contributed by atoms with Gasteiger partial charge < -0.3 is 4.74 Å². The van der Waals surface area contributed by atoms with Crippen LogP contribution in [0.1, 0.15) is 56.2 Å². The highest BCUT2D eigenvalue weighted by molar-refractivity contribution is 5.91. The van der Waals surface area contributed by atoms with Gasteiger partial charge in [0.15, 0.2) is 5.78 Å². The van der Waals surface area contributed by atoms with Crippen LogP contribution in [-0.4, -0.2) is 17.8 Å². The zero-order chi connectivity index (χ0) is 21.0. The van der Waals surface area contributed by atoms with Gasteiger partial charge in [0, 0.05) is 16.9 Å². The topological polar surface area (TPSA) is 69.4 Å². The summed E-state index contributed by atoms with van der Waals surface area (Å²) in [5, 5.41) is 12.2. The molecule has 0 radical (unpaired) electrons. The lowest BCUT2D eigenvalue weighted by Crippen LogP contribution is -2.25. The van der Waals surface area contributed by atoms with Crippen molar-refractivity contribution in [1.29, 1.82) is 0 Å². The highest BCUT2D eigenvalue weighted by Gasteiger charge is 2.37. The SMILES string of the molecule is COc1cccc([C@@H](CC2=CC(=O)CC(C)(C)C2)[C@H](c2ccccc2)[N+](=O)[O-])c1. The monoisotopic (exact) mass is 393 g/mol. The molecule has 0 saturated heterocycles. The number of hydrogen-bond donors (Lipinski definition) is 0. The number of benzene rings is 2. The van der Waals surface area contributed by atoms with E-state index in [0.717, 1.165) is 17.6 Å². The normalized spacial score (nSPS) is 17.9. The van der Waals surface area contributed by atoms with Crippen LogP contribution in [0.4, 0.5) is 0 Å². The maximum absolute atomic E-state index is 12.3.